The number of nitrogens with zero attached hydrogens (tertiary/aromatic N) is 3. The minimum atomic E-state index is 0.892. The molecule has 0 spiro atoms. The maximum Gasteiger partial charge on any atom is 0.150 e. The quantitative estimate of drug-likeness (QED) is 0.385. The molecule has 0 bridgehead atoms. The zero-order valence-corrected chi connectivity index (χ0v) is 16.8. The van der Waals surface area contributed by atoms with Crippen molar-refractivity contribution < 1.29 is 0 Å². The highest BCUT2D eigenvalue weighted by Crippen LogP contribution is 2.35. The Balaban J connectivity index is 1.92. The largest absolute Gasteiger partial charge is 0.369 e. The monoisotopic (exact) mass is 420 g/mol. The summed E-state index contributed by atoms with van der Waals surface area (Å²) >= 11 is 3.51. The van der Waals surface area contributed by atoms with Crippen molar-refractivity contribution in [2.45, 2.75) is 19.8 Å². The maximum absolute atomic E-state index is 4.62. The van der Waals surface area contributed by atoms with Crippen LogP contribution in [-0.2, 0) is 0 Å². The number of halogens is 1. The van der Waals surface area contributed by atoms with Gasteiger partial charge in [0.2, 0.25) is 0 Å². The molecule has 0 radical (unpaired) electrons. The van der Waals surface area contributed by atoms with Crippen molar-refractivity contribution in [3.63, 3.8) is 0 Å². The number of rotatable bonds is 6. The van der Waals surface area contributed by atoms with Crippen molar-refractivity contribution in [3.05, 3.63) is 71.6 Å². The van der Waals surface area contributed by atoms with Crippen molar-refractivity contribution in [1.29, 1.82) is 0 Å². The van der Waals surface area contributed by atoms with Gasteiger partial charge in [0.1, 0.15) is 12.1 Å². The van der Waals surface area contributed by atoms with Crippen LogP contribution in [0.5, 0.6) is 0 Å². The Morgan fingerprint density at radius 1 is 1.00 bits per heavy atom. The standard InChI is InChI=1S/C22H21BrN4/c1-2-3-13-24-21-20-19(16-7-5-4-6-8-16)14-27(22(20)26-15-25-21)18-11-9-17(23)10-12-18/h4-12,14-15H,2-3,13H2,1H3,(H,24,25,26). The van der Waals surface area contributed by atoms with Gasteiger partial charge in [-0.1, -0.05) is 59.6 Å². The molecule has 27 heavy (non-hydrogen) atoms. The lowest BCUT2D eigenvalue weighted by atomic mass is 10.1. The van der Waals surface area contributed by atoms with E-state index in [4.69, 9.17) is 0 Å². The summed E-state index contributed by atoms with van der Waals surface area (Å²) in [4.78, 5) is 9.16. The molecule has 2 aromatic carbocycles. The third kappa shape index (κ3) is 3.60. The average molecular weight is 421 g/mol. The van der Waals surface area contributed by atoms with E-state index in [9.17, 15) is 0 Å². The van der Waals surface area contributed by atoms with Crippen molar-refractivity contribution in [1.82, 2.24) is 14.5 Å². The Hall–Kier alpha value is -2.66. The molecule has 0 saturated carbocycles. The third-order valence-electron chi connectivity index (χ3n) is 4.60. The summed E-state index contributed by atoms with van der Waals surface area (Å²) in [5.41, 5.74) is 4.27. The molecule has 5 heteroatoms. The second-order valence-electron chi connectivity index (χ2n) is 6.46. The van der Waals surface area contributed by atoms with Crippen molar-refractivity contribution in [2.75, 3.05) is 11.9 Å². The highest BCUT2D eigenvalue weighted by Gasteiger charge is 2.17. The number of hydrogen-bond acceptors (Lipinski definition) is 3. The van der Waals surface area contributed by atoms with Crippen LogP contribution in [0.2, 0.25) is 0 Å². The Bertz CT molecular complexity index is 1040. The van der Waals surface area contributed by atoms with Crippen LogP contribution < -0.4 is 5.32 Å². The number of fused-ring (bicyclic) bond motifs is 1. The van der Waals surface area contributed by atoms with E-state index in [1.54, 1.807) is 6.33 Å². The van der Waals surface area contributed by atoms with E-state index >= 15 is 0 Å². The third-order valence-corrected chi connectivity index (χ3v) is 5.12. The van der Waals surface area contributed by atoms with Crippen LogP contribution in [0.3, 0.4) is 0 Å². The molecule has 4 nitrogen and oxygen atoms in total. The fourth-order valence-electron chi connectivity index (χ4n) is 3.21. The number of benzene rings is 2. The van der Waals surface area contributed by atoms with Gasteiger partial charge in [-0.3, -0.25) is 0 Å². The lowest BCUT2D eigenvalue weighted by Crippen LogP contribution is -2.04. The first-order chi connectivity index (χ1) is 13.3. The van der Waals surface area contributed by atoms with Gasteiger partial charge in [0, 0.05) is 28.5 Å². The van der Waals surface area contributed by atoms with Crippen LogP contribution in [0, 0.1) is 0 Å². The lowest BCUT2D eigenvalue weighted by molar-refractivity contribution is 0.831. The first-order valence-electron chi connectivity index (χ1n) is 9.19. The molecule has 0 aliphatic heterocycles. The van der Waals surface area contributed by atoms with E-state index < -0.39 is 0 Å². The lowest BCUT2D eigenvalue weighted by Gasteiger charge is -2.08. The molecule has 0 aliphatic rings. The predicted molar refractivity (Wildman–Crippen MR) is 115 cm³/mol. The van der Waals surface area contributed by atoms with Gasteiger partial charge in [-0.25, -0.2) is 9.97 Å². The van der Waals surface area contributed by atoms with E-state index in [0.29, 0.717) is 0 Å². The molecule has 0 aliphatic carbocycles. The molecule has 0 atom stereocenters. The Labute approximate surface area is 167 Å². The number of nitrogens with one attached hydrogen (secondary N) is 1. The van der Waals surface area contributed by atoms with Gasteiger partial charge < -0.3 is 9.88 Å². The average Bonchev–Trinajstić information content (AvgIpc) is 3.10. The van der Waals surface area contributed by atoms with Gasteiger partial charge >= 0.3 is 0 Å². The SMILES string of the molecule is CCCCNc1ncnc2c1c(-c1ccccc1)cn2-c1ccc(Br)cc1. The van der Waals surface area contributed by atoms with Crippen molar-refractivity contribution in [3.8, 4) is 16.8 Å². The molecular weight excluding hydrogens is 400 g/mol. The van der Waals surface area contributed by atoms with E-state index in [2.05, 4.69) is 85.3 Å². The first kappa shape index (κ1) is 17.7. The summed E-state index contributed by atoms with van der Waals surface area (Å²) < 4.78 is 3.19. The molecule has 1 N–H and O–H groups in total. The summed E-state index contributed by atoms with van der Waals surface area (Å²) in [5.74, 6) is 0.892. The molecule has 2 aromatic heterocycles. The van der Waals surface area contributed by atoms with E-state index in [1.807, 2.05) is 18.2 Å². The summed E-state index contributed by atoms with van der Waals surface area (Å²) in [6, 6.07) is 18.7. The van der Waals surface area contributed by atoms with E-state index in [-0.39, 0.29) is 0 Å². The molecular formula is C22H21BrN4. The smallest absolute Gasteiger partial charge is 0.150 e. The van der Waals surface area contributed by atoms with Crippen LogP contribution in [0.1, 0.15) is 19.8 Å². The van der Waals surface area contributed by atoms with Gasteiger partial charge in [-0.05, 0) is 36.2 Å². The molecule has 4 aromatic rings. The minimum absolute atomic E-state index is 0.892. The summed E-state index contributed by atoms with van der Waals surface area (Å²) in [5, 5.41) is 4.56. The van der Waals surface area contributed by atoms with Gasteiger partial charge in [0.05, 0.1) is 5.39 Å². The van der Waals surface area contributed by atoms with Crippen molar-refractivity contribution >= 4 is 32.8 Å². The van der Waals surface area contributed by atoms with Crippen LogP contribution in [-0.4, -0.2) is 21.1 Å². The predicted octanol–water partition coefficient (Wildman–Crippen LogP) is 6.06. The van der Waals surface area contributed by atoms with E-state index in [0.717, 1.165) is 57.5 Å². The molecule has 0 saturated heterocycles. The summed E-state index contributed by atoms with van der Waals surface area (Å²) in [6.07, 6.45) is 6.05. The molecule has 4 rings (SSSR count). The number of hydrogen-bond donors (Lipinski definition) is 1. The van der Waals surface area contributed by atoms with Crippen LogP contribution >= 0.6 is 15.9 Å². The number of aromatic nitrogens is 3. The van der Waals surface area contributed by atoms with Crippen LogP contribution in [0.25, 0.3) is 27.8 Å². The fraction of sp³-hybridized carbons (Fsp3) is 0.182. The van der Waals surface area contributed by atoms with Gasteiger partial charge in [-0.2, -0.15) is 0 Å². The fourth-order valence-corrected chi connectivity index (χ4v) is 3.48. The molecule has 2 heterocycles. The zero-order valence-electron chi connectivity index (χ0n) is 15.2. The number of unbranched alkanes of at least 4 members (excludes halogenated alkanes) is 1. The molecule has 0 fully saturated rings. The summed E-state index contributed by atoms with van der Waals surface area (Å²) in [6.45, 7) is 3.09. The first-order valence-corrected chi connectivity index (χ1v) is 9.98. The van der Waals surface area contributed by atoms with E-state index in [1.165, 1.54) is 0 Å². The van der Waals surface area contributed by atoms with Crippen LogP contribution in [0.4, 0.5) is 5.82 Å². The Kier molecular flexibility index (Phi) is 5.21. The topological polar surface area (TPSA) is 42.7 Å². The van der Waals surface area contributed by atoms with Crippen LogP contribution in [0.15, 0.2) is 71.6 Å². The molecule has 136 valence electrons. The van der Waals surface area contributed by atoms with Gasteiger partial charge in [0.25, 0.3) is 0 Å². The zero-order chi connectivity index (χ0) is 18.6. The highest BCUT2D eigenvalue weighted by molar-refractivity contribution is 9.10. The second-order valence-corrected chi connectivity index (χ2v) is 7.37. The minimum Gasteiger partial charge on any atom is -0.369 e. The Morgan fingerprint density at radius 2 is 1.78 bits per heavy atom. The highest BCUT2D eigenvalue weighted by atomic mass is 79.9. The summed E-state index contributed by atoms with van der Waals surface area (Å²) in [7, 11) is 0. The molecule has 0 unspecified atom stereocenters. The number of anilines is 1. The Morgan fingerprint density at radius 3 is 2.52 bits per heavy atom. The second kappa shape index (κ2) is 7.92. The van der Waals surface area contributed by atoms with Crippen molar-refractivity contribution in [2.24, 2.45) is 0 Å². The molecule has 0 amide bonds. The van der Waals surface area contributed by atoms with Gasteiger partial charge in [0.15, 0.2) is 5.65 Å². The normalized spacial score (nSPS) is 11.0. The maximum atomic E-state index is 4.62. The van der Waals surface area contributed by atoms with Gasteiger partial charge in [-0.15, -0.1) is 0 Å².